The number of carbonyl (C=O) groups is 1. The lowest BCUT2D eigenvalue weighted by Crippen LogP contribution is -2.41. The highest BCUT2D eigenvalue weighted by Crippen LogP contribution is 2.19. The summed E-state index contributed by atoms with van der Waals surface area (Å²) < 4.78 is 0. The molecule has 1 saturated heterocycles. The van der Waals surface area contributed by atoms with Crippen LogP contribution in [0.15, 0.2) is 18.3 Å². The van der Waals surface area contributed by atoms with Crippen LogP contribution in [0.5, 0.6) is 0 Å². The molecular formula is C15H24N4O. The lowest BCUT2D eigenvalue weighted by Gasteiger charge is -2.31. The average Bonchev–Trinajstić information content (AvgIpc) is 2.47. The van der Waals surface area contributed by atoms with Crippen molar-refractivity contribution in [1.82, 2.24) is 15.2 Å². The van der Waals surface area contributed by atoms with Crippen molar-refractivity contribution >= 4 is 11.7 Å². The molecular weight excluding hydrogens is 252 g/mol. The Morgan fingerprint density at radius 1 is 1.55 bits per heavy atom. The van der Waals surface area contributed by atoms with Crippen LogP contribution in [0.25, 0.3) is 0 Å². The van der Waals surface area contributed by atoms with Crippen LogP contribution in [0.4, 0.5) is 5.82 Å². The Hall–Kier alpha value is -1.62. The quantitative estimate of drug-likeness (QED) is 0.855. The summed E-state index contributed by atoms with van der Waals surface area (Å²) in [6.07, 6.45) is 3.92. The fraction of sp³-hybridized carbons (Fsp3) is 0.600. The number of anilines is 1. The van der Waals surface area contributed by atoms with Crippen molar-refractivity contribution in [3.8, 4) is 0 Å². The highest BCUT2D eigenvalue weighted by molar-refractivity contribution is 5.78. The van der Waals surface area contributed by atoms with Gasteiger partial charge >= 0.3 is 0 Å². The fourth-order valence-electron chi connectivity index (χ4n) is 2.73. The number of nitrogens with zero attached hydrogens (tertiary/aromatic N) is 2. The number of hydrogen-bond acceptors (Lipinski definition) is 4. The molecule has 2 N–H and O–H groups in total. The van der Waals surface area contributed by atoms with Crippen LogP contribution in [-0.4, -0.2) is 42.5 Å². The topological polar surface area (TPSA) is 57.3 Å². The largest absolute Gasteiger partial charge is 0.370 e. The van der Waals surface area contributed by atoms with E-state index in [9.17, 15) is 4.79 Å². The average molecular weight is 276 g/mol. The van der Waals surface area contributed by atoms with E-state index in [-0.39, 0.29) is 11.8 Å². The molecule has 2 heterocycles. The van der Waals surface area contributed by atoms with E-state index in [1.54, 1.807) is 7.05 Å². The number of aromatic nitrogens is 1. The van der Waals surface area contributed by atoms with Gasteiger partial charge in [0.05, 0.1) is 5.92 Å². The maximum atomic E-state index is 11.7. The Bertz CT molecular complexity index is 449. The van der Waals surface area contributed by atoms with Crippen LogP contribution in [-0.2, 0) is 11.3 Å². The molecule has 1 aliphatic heterocycles. The first-order valence-corrected chi connectivity index (χ1v) is 7.35. The van der Waals surface area contributed by atoms with E-state index < -0.39 is 0 Å². The fourth-order valence-corrected chi connectivity index (χ4v) is 2.73. The molecule has 20 heavy (non-hydrogen) atoms. The van der Waals surface area contributed by atoms with E-state index in [0.29, 0.717) is 0 Å². The number of pyridine rings is 1. The van der Waals surface area contributed by atoms with Gasteiger partial charge in [0, 0.05) is 32.9 Å². The van der Waals surface area contributed by atoms with E-state index in [1.165, 1.54) is 5.56 Å². The predicted molar refractivity (Wildman–Crippen MR) is 80.5 cm³/mol. The van der Waals surface area contributed by atoms with Crippen molar-refractivity contribution in [2.24, 2.45) is 5.92 Å². The third kappa shape index (κ3) is 3.93. The lowest BCUT2D eigenvalue weighted by molar-refractivity contribution is -0.126. The molecule has 1 unspecified atom stereocenters. The molecule has 5 heteroatoms. The monoisotopic (exact) mass is 276 g/mol. The Morgan fingerprint density at radius 3 is 3.15 bits per heavy atom. The van der Waals surface area contributed by atoms with Crippen LogP contribution in [0.1, 0.15) is 25.3 Å². The summed E-state index contributed by atoms with van der Waals surface area (Å²) in [6, 6.07) is 4.14. The molecule has 1 amide bonds. The molecule has 0 aromatic carbocycles. The summed E-state index contributed by atoms with van der Waals surface area (Å²) in [5.74, 6) is 1.21. The van der Waals surface area contributed by atoms with Gasteiger partial charge in [-0.1, -0.05) is 0 Å². The molecule has 110 valence electrons. The molecule has 1 aliphatic rings. The van der Waals surface area contributed by atoms with Gasteiger partial charge in [-0.25, -0.2) is 4.98 Å². The zero-order valence-corrected chi connectivity index (χ0v) is 12.4. The lowest BCUT2D eigenvalue weighted by atomic mass is 9.97. The second-order valence-electron chi connectivity index (χ2n) is 5.27. The first-order valence-electron chi connectivity index (χ1n) is 7.35. The van der Waals surface area contributed by atoms with Gasteiger partial charge < -0.3 is 10.6 Å². The number of hydrogen-bond donors (Lipinski definition) is 2. The minimum absolute atomic E-state index is 0.129. The summed E-state index contributed by atoms with van der Waals surface area (Å²) >= 11 is 0. The molecule has 5 nitrogen and oxygen atoms in total. The van der Waals surface area contributed by atoms with Crippen LogP contribution >= 0.6 is 0 Å². The Balaban J connectivity index is 1.95. The third-order valence-electron chi connectivity index (χ3n) is 3.71. The van der Waals surface area contributed by atoms with E-state index in [2.05, 4.69) is 33.5 Å². The molecule has 2 rings (SSSR count). The third-order valence-corrected chi connectivity index (χ3v) is 3.71. The van der Waals surface area contributed by atoms with Crippen LogP contribution < -0.4 is 10.6 Å². The van der Waals surface area contributed by atoms with Crippen LogP contribution in [0.2, 0.25) is 0 Å². The van der Waals surface area contributed by atoms with E-state index in [1.807, 2.05) is 12.3 Å². The highest BCUT2D eigenvalue weighted by Gasteiger charge is 2.24. The molecule has 0 radical (unpaired) electrons. The second kappa shape index (κ2) is 7.24. The summed E-state index contributed by atoms with van der Waals surface area (Å²) in [5.41, 5.74) is 1.24. The molecule has 1 aromatic heterocycles. The van der Waals surface area contributed by atoms with E-state index in [4.69, 9.17) is 0 Å². The molecule has 0 spiro atoms. The van der Waals surface area contributed by atoms with Gasteiger partial charge in [-0.3, -0.25) is 9.69 Å². The summed E-state index contributed by atoms with van der Waals surface area (Å²) in [5, 5.41) is 5.99. The van der Waals surface area contributed by atoms with Crippen molar-refractivity contribution in [2.75, 3.05) is 32.0 Å². The Morgan fingerprint density at radius 2 is 2.40 bits per heavy atom. The summed E-state index contributed by atoms with van der Waals surface area (Å²) in [4.78, 5) is 18.4. The highest BCUT2D eigenvalue weighted by atomic mass is 16.1. The van der Waals surface area contributed by atoms with Gasteiger partial charge in [-0.2, -0.15) is 0 Å². The Kier molecular flexibility index (Phi) is 5.35. The standard InChI is InChI=1S/C15H24N4O/c1-3-17-14-9-12(6-7-18-14)10-19-8-4-5-13(11-19)15(20)16-2/h6-7,9,13H,3-5,8,10-11H2,1-2H3,(H,16,20)(H,17,18). The summed E-state index contributed by atoms with van der Waals surface area (Å²) in [6.45, 7) is 5.73. The minimum atomic E-state index is 0.129. The molecule has 1 fully saturated rings. The van der Waals surface area contributed by atoms with Crippen molar-refractivity contribution < 1.29 is 4.79 Å². The van der Waals surface area contributed by atoms with Gasteiger partial charge in [0.1, 0.15) is 5.82 Å². The number of likely N-dealkylation sites (tertiary alicyclic amines) is 1. The van der Waals surface area contributed by atoms with Gasteiger partial charge in [0.15, 0.2) is 0 Å². The maximum Gasteiger partial charge on any atom is 0.224 e. The first kappa shape index (κ1) is 14.8. The van der Waals surface area contributed by atoms with Gasteiger partial charge in [0.2, 0.25) is 5.91 Å². The van der Waals surface area contributed by atoms with Crippen molar-refractivity contribution in [3.63, 3.8) is 0 Å². The molecule has 0 saturated carbocycles. The van der Waals surface area contributed by atoms with Gasteiger partial charge in [0.25, 0.3) is 0 Å². The number of carbonyl (C=O) groups excluding carboxylic acids is 1. The normalized spacial score (nSPS) is 19.6. The first-order chi connectivity index (χ1) is 9.72. The number of nitrogens with one attached hydrogen (secondary N) is 2. The predicted octanol–water partition coefficient (Wildman–Crippen LogP) is 1.47. The van der Waals surface area contributed by atoms with Crippen molar-refractivity contribution in [3.05, 3.63) is 23.9 Å². The number of piperidine rings is 1. The van der Waals surface area contributed by atoms with Crippen molar-refractivity contribution in [1.29, 1.82) is 0 Å². The van der Waals surface area contributed by atoms with Crippen LogP contribution in [0.3, 0.4) is 0 Å². The van der Waals surface area contributed by atoms with E-state index >= 15 is 0 Å². The second-order valence-corrected chi connectivity index (χ2v) is 5.27. The molecule has 0 bridgehead atoms. The maximum absolute atomic E-state index is 11.7. The van der Waals surface area contributed by atoms with Gasteiger partial charge in [-0.05, 0) is 44.0 Å². The zero-order chi connectivity index (χ0) is 14.4. The van der Waals surface area contributed by atoms with Gasteiger partial charge in [-0.15, -0.1) is 0 Å². The molecule has 1 atom stereocenters. The summed E-state index contributed by atoms with van der Waals surface area (Å²) in [7, 11) is 1.72. The minimum Gasteiger partial charge on any atom is -0.370 e. The van der Waals surface area contributed by atoms with Crippen molar-refractivity contribution in [2.45, 2.75) is 26.3 Å². The SMILES string of the molecule is CCNc1cc(CN2CCCC(C(=O)NC)C2)ccn1. The number of rotatable bonds is 5. The molecule has 1 aromatic rings. The zero-order valence-electron chi connectivity index (χ0n) is 12.4. The van der Waals surface area contributed by atoms with E-state index in [0.717, 1.165) is 44.8 Å². The molecule has 0 aliphatic carbocycles. The van der Waals surface area contributed by atoms with Crippen LogP contribution in [0, 0.1) is 5.92 Å². The Labute approximate surface area is 120 Å². The number of amides is 1. The smallest absolute Gasteiger partial charge is 0.224 e.